The number of halogens is 5. The molecular weight excluding hydrogens is 323 g/mol. The first-order valence-electron chi connectivity index (χ1n) is 6.82. The summed E-state index contributed by atoms with van der Waals surface area (Å²) in [5, 5.41) is 0. The Labute approximate surface area is 127 Å². The SMILES string of the molecule is FC(F)(F)C(F)(F)C1CCN(c2cccc3scnc23)CC1. The van der Waals surface area contributed by atoms with Crippen LogP contribution in [0, 0.1) is 5.92 Å². The Morgan fingerprint density at radius 1 is 1.09 bits per heavy atom. The molecule has 1 aliphatic heterocycles. The molecule has 2 heterocycles. The number of hydrogen-bond donors (Lipinski definition) is 0. The molecule has 0 saturated carbocycles. The fraction of sp³-hybridized carbons (Fsp3) is 0.500. The fourth-order valence-corrected chi connectivity index (χ4v) is 3.54. The first kappa shape index (κ1) is 15.5. The van der Waals surface area contributed by atoms with Crippen LogP contribution in [0.2, 0.25) is 0 Å². The average Bonchev–Trinajstić information content (AvgIpc) is 2.94. The summed E-state index contributed by atoms with van der Waals surface area (Å²) < 4.78 is 65.1. The number of rotatable bonds is 2. The van der Waals surface area contributed by atoms with Gasteiger partial charge in [-0.15, -0.1) is 11.3 Å². The van der Waals surface area contributed by atoms with Crippen LogP contribution in [0.5, 0.6) is 0 Å². The number of piperidine rings is 1. The van der Waals surface area contributed by atoms with Crippen molar-refractivity contribution in [2.75, 3.05) is 18.0 Å². The highest BCUT2D eigenvalue weighted by Gasteiger charge is 2.62. The van der Waals surface area contributed by atoms with Gasteiger partial charge in [-0.05, 0) is 25.0 Å². The Bertz CT molecular complexity index is 659. The molecule has 1 aliphatic rings. The molecule has 120 valence electrons. The van der Waals surface area contributed by atoms with Crippen LogP contribution >= 0.6 is 11.3 Å². The highest BCUT2D eigenvalue weighted by atomic mass is 32.1. The summed E-state index contributed by atoms with van der Waals surface area (Å²) in [7, 11) is 0. The normalized spacial score (nSPS) is 18.1. The first-order valence-corrected chi connectivity index (χ1v) is 7.70. The van der Waals surface area contributed by atoms with Crippen LogP contribution in [-0.2, 0) is 0 Å². The highest BCUT2D eigenvalue weighted by molar-refractivity contribution is 7.16. The zero-order chi connectivity index (χ0) is 16.0. The lowest BCUT2D eigenvalue weighted by molar-refractivity contribution is -0.304. The van der Waals surface area contributed by atoms with Gasteiger partial charge in [0.2, 0.25) is 0 Å². The molecule has 0 bridgehead atoms. The predicted molar refractivity (Wildman–Crippen MR) is 75.6 cm³/mol. The van der Waals surface area contributed by atoms with Crippen molar-refractivity contribution in [1.29, 1.82) is 0 Å². The Kier molecular flexibility index (Phi) is 3.74. The maximum absolute atomic E-state index is 13.4. The zero-order valence-corrected chi connectivity index (χ0v) is 12.2. The predicted octanol–water partition coefficient (Wildman–Crippen LogP) is 4.71. The van der Waals surface area contributed by atoms with Gasteiger partial charge >= 0.3 is 12.1 Å². The standard InChI is InChI=1S/C14H13F5N2S/c15-13(16,14(17,18)19)9-4-6-21(7-5-9)10-2-1-3-11-12(10)20-8-22-11/h1-3,8-9H,4-7H2. The summed E-state index contributed by atoms with van der Waals surface area (Å²) in [6.07, 6.45) is -5.85. The second kappa shape index (κ2) is 5.33. The number of nitrogens with zero attached hydrogens (tertiary/aromatic N) is 2. The third-order valence-corrected chi connectivity index (χ3v) is 4.86. The number of anilines is 1. The van der Waals surface area contributed by atoms with E-state index in [0.29, 0.717) is 0 Å². The molecule has 1 fully saturated rings. The number of alkyl halides is 5. The van der Waals surface area contributed by atoms with Gasteiger partial charge < -0.3 is 4.90 Å². The van der Waals surface area contributed by atoms with E-state index in [0.717, 1.165) is 15.9 Å². The van der Waals surface area contributed by atoms with E-state index in [2.05, 4.69) is 4.98 Å². The minimum atomic E-state index is -5.48. The molecule has 0 unspecified atom stereocenters. The summed E-state index contributed by atoms with van der Waals surface area (Å²) in [5.41, 5.74) is 3.26. The lowest BCUT2D eigenvalue weighted by Gasteiger charge is -2.37. The number of hydrogen-bond acceptors (Lipinski definition) is 3. The Balaban J connectivity index is 1.76. The molecule has 0 spiro atoms. The van der Waals surface area contributed by atoms with E-state index in [-0.39, 0.29) is 25.9 Å². The number of thiazole rings is 1. The van der Waals surface area contributed by atoms with Crippen molar-refractivity contribution in [3.63, 3.8) is 0 Å². The third kappa shape index (κ3) is 2.53. The summed E-state index contributed by atoms with van der Waals surface area (Å²) >= 11 is 1.47. The van der Waals surface area contributed by atoms with E-state index in [1.165, 1.54) is 11.3 Å². The van der Waals surface area contributed by atoms with Crippen LogP contribution in [0.1, 0.15) is 12.8 Å². The molecule has 8 heteroatoms. The van der Waals surface area contributed by atoms with Gasteiger partial charge in [-0.25, -0.2) is 4.98 Å². The second-order valence-corrected chi connectivity index (χ2v) is 6.24. The largest absolute Gasteiger partial charge is 0.453 e. The molecule has 0 atom stereocenters. The minimum Gasteiger partial charge on any atom is -0.370 e. The molecule has 1 aromatic heterocycles. The van der Waals surface area contributed by atoms with E-state index < -0.39 is 18.0 Å². The Morgan fingerprint density at radius 2 is 1.77 bits per heavy atom. The molecule has 2 nitrogen and oxygen atoms in total. The van der Waals surface area contributed by atoms with Gasteiger partial charge in [-0.2, -0.15) is 22.0 Å². The van der Waals surface area contributed by atoms with Crippen molar-refractivity contribution in [3.05, 3.63) is 23.7 Å². The van der Waals surface area contributed by atoms with Gasteiger partial charge in [-0.3, -0.25) is 0 Å². The average molecular weight is 336 g/mol. The number of aromatic nitrogens is 1. The van der Waals surface area contributed by atoms with Crippen molar-refractivity contribution >= 4 is 27.2 Å². The lowest BCUT2D eigenvalue weighted by atomic mass is 9.89. The minimum absolute atomic E-state index is 0.174. The van der Waals surface area contributed by atoms with E-state index >= 15 is 0 Å². The van der Waals surface area contributed by atoms with Crippen LogP contribution in [0.15, 0.2) is 23.7 Å². The van der Waals surface area contributed by atoms with Crippen molar-refractivity contribution < 1.29 is 22.0 Å². The van der Waals surface area contributed by atoms with Crippen LogP contribution in [-0.4, -0.2) is 30.2 Å². The molecule has 2 aromatic rings. The van der Waals surface area contributed by atoms with E-state index in [4.69, 9.17) is 0 Å². The van der Waals surface area contributed by atoms with E-state index in [1.54, 1.807) is 5.51 Å². The van der Waals surface area contributed by atoms with Crippen molar-refractivity contribution in [2.24, 2.45) is 5.92 Å². The summed E-state index contributed by atoms with van der Waals surface area (Å²) in [5.74, 6) is -6.27. The highest BCUT2D eigenvalue weighted by Crippen LogP contribution is 2.45. The van der Waals surface area contributed by atoms with Gasteiger partial charge in [0.05, 0.1) is 15.9 Å². The third-order valence-electron chi connectivity index (χ3n) is 4.07. The number of benzene rings is 1. The van der Waals surface area contributed by atoms with Crippen molar-refractivity contribution in [2.45, 2.75) is 24.9 Å². The van der Waals surface area contributed by atoms with E-state index in [9.17, 15) is 22.0 Å². The Morgan fingerprint density at radius 3 is 2.41 bits per heavy atom. The molecule has 3 rings (SSSR count). The molecule has 0 N–H and O–H groups in total. The van der Waals surface area contributed by atoms with Gasteiger partial charge in [0.15, 0.2) is 0 Å². The summed E-state index contributed by atoms with van der Waals surface area (Å²) in [4.78, 5) is 6.09. The molecular formula is C14H13F5N2S. The molecule has 1 saturated heterocycles. The van der Waals surface area contributed by atoms with Gasteiger partial charge in [0.1, 0.15) is 5.52 Å². The fourth-order valence-electron chi connectivity index (χ4n) is 2.84. The van der Waals surface area contributed by atoms with Crippen LogP contribution in [0.4, 0.5) is 27.6 Å². The maximum Gasteiger partial charge on any atom is 0.453 e. The van der Waals surface area contributed by atoms with Crippen LogP contribution in [0.25, 0.3) is 10.2 Å². The zero-order valence-electron chi connectivity index (χ0n) is 11.4. The summed E-state index contributed by atoms with van der Waals surface area (Å²) in [6, 6.07) is 5.57. The topological polar surface area (TPSA) is 16.1 Å². The molecule has 0 aliphatic carbocycles. The number of para-hydroxylation sites is 1. The summed E-state index contributed by atoms with van der Waals surface area (Å²) in [6.45, 7) is 0.347. The first-order chi connectivity index (χ1) is 10.3. The van der Waals surface area contributed by atoms with E-state index in [1.807, 2.05) is 23.1 Å². The van der Waals surface area contributed by atoms with Gasteiger partial charge in [-0.1, -0.05) is 6.07 Å². The molecule has 0 amide bonds. The molecule has 1 aromatic carbocycles. The lowest BCUT2D eigenvalue weighted by Crippen LogP contribution is -2.48. The monoisotopic (exact) mass is 336 g/mol. The van der Waals surface area contributed by atoms with Gasteiger partial charge in [0.25, 0.3) is 0 Å². The maximum atomic E-state index is 13.4. The second-order valence-electron chi connectivity index (χ2n) is 5.36. The Hall–Kier alpha value is -1.44. The smallest absolute Gasteiger partial charge is 0.370 e. The molecule has 0 radical (unpaired) electrons. The van der Waals surface area contributed by atoms with Crippen molar-refractivity contribution in [3.8, 4) is 0 Å². The number of fused-ring (bicyclic) bond motifs is 1. The van der Waals surface area contributed by atoms with Gasteiger partial charge in [0, 0.05) is 19.0 Å². The van der Waals surface area contributed by atoms with Crippen LogP contribution in [0.3, 0.4) is 0 Å². The van der Waals surface area contributed by atoms with Crippen molar-refractivity contribution in [1.82, 2.24) is 4.98 Å². The van der Waals surface area contributed by atoms with Crippen LogP contribution < -0.4 is 4.90 Å². The molecule has 22 heavy (non-hydrogen) atoms. The quantitative estimate of drug-likeness (QED) is 0.738.